The van der Waals surface area contributed by atoms with Crippen LogP contribution in [0.5, 0.6) is 0 Å². The Morgan fingerprint density at radius 3 is 2.82 bits per heavy atom. The Balaban J connectivity index is 1.59. The van der Waals surface area contributed by atoms with Crippen LogP contribution >= 0.6 is 11.3 Å². The molecule has 6 heteroatoms. The smallest absolute Gasteiger partial charge is 0.228 e. The Labute approximate surface area is 135 Å². The van der Waals surface area contributed by atoms with Crippen molar-refractivity contribution in [2.45, 2.75) is 57.4 Å². The third-order valence-electron chi connectivity index (χ3n) is 4.69. The number of aromatic nitrogens is 1. The second-order valence-electron chi connectivity index (χ2n) is 6.24. The topological polar surface area (TPSA) is 53.5 Å². The summed E-state index contributed by atoms with van der Waals surface area (Å²) in [6.45, 7) is 0.752. The number of carbonyl (C=O) groups excluding carboxylic acids is 2. The van der Waals surface area contributed by atoms with E-state index in [0.29, 0.717) is 18.9 Å². The molecular formula is C16H23N3O2S. The monoisotopic (exact) mass is 321 g/mol. The van der Waals surface area contributed by atoms with Gasteiger partial charge in [0.15, 0.2) is 5.13 Å². The van der Waals surface area contributed by atoms with E-state index in [0.717, 1.165) is 36.6 Å². The van der Waals surface area contributed by atoms with E-state index >= 15 is 0 Å². The van der Waals surface area contributed by atoms with E-state index in [9.17, 15) is 9.59 Å². The molecule has 22 heavy (non-hydrogen) atoms. The van der Waals surface area contributed by atoms with Crippen LogP contribution in [0, 0.1) is 0 Å². The Hall–Kier alpha value is -1.43. The predicted octanol–water partition coefficient (Wildman–Crippen LogP) is 2.60. The summed E-state index contributed by atoms with van der Waals surface area (Å²) in [7, 11) is 1.91. The van der Waals surface area contributed by atoms with Crippen LogP contribution in [-0.2, 0) is 16.0 Å². The van der Waals surface area contributed by atoms with Gasteiger partial charge in [0.1, 0.15) is 0 Å². The van der Waals surface area contributed by atoms with Gasteiger partial charge in [0, 0.05) is 31.4 Å². The molecule has 2 aliphatic rings. The van der Waals surface area contributed by atoms with Crippen molar-refractivity contribution >= 4 is 28.3 Å². The van der Waals surface area contributed by atoms with Crippen LogP contribution in [0.4, 0.5) is 5.13 Å². The fourth-order valence-electron chi connectivity index (χ4n) is 3.30. The van der Waals surface area contributed by atoms with Gasteiger partial charge < -0.3 is 4.90 Å². The van der Waals surface area contributed by atoms with E-state index in [2.05, 4.69) is 4.98 Å². The first-order valence-corrected chi connectivity index (χ1v) is 9.03. The molecule has 0 spiro atoms. The number of anilines is 1. The predicted molar refractivity (Wildman–Crippen MR) is 87.0 cm³/mol. The van der Waals surface area contributed by atoms with Gasteiger partial charge in [-0.2, -0.15) is 0 Å². The fourth-order valence-corrected chi connectivity index (χ4v) is 4.17. The largest absolute Gasteiger partial charge is 0.342 e. The van der Waals surface area contributed by atoms with Crippen molar-refractivity contribution in [3.8, 4) is 0 Å². The molecule has 1 aromatic rings. The molecule has 0 unspecified atom stereocenters. The molecule has 0 radical (unpaired) electrons. The standard InChI is InChI=1S/C16H23N3O2S/c1-18(13-6-3-2-4-7-13)15(21)10-12-11-22-16(17-12)19-9-5-8-14(19)20/h11,13H,2-10H2,1H3. The quantitative estimate of drug-likeness (QED) is 0.856. The summed E-state index contributed by atoms with van der Waals surface area (Å²) in [5.74, 6) is 0.281. The molecule has 5 nitrogen and oxygen atoms in total. The maximum atomic E-state index is 12.4. The van der Waals surface area contributed by atoms with Crippen LogP contribution in [0.25, 0.3) is 0 Å². The van der Waals surface area contributed by atoms with Gasteiger partial charge in [0.05, 0.1) is 12.1 Å². The highest BCUT2D eigenvalue weighted by atomic mass is 32.1. The van der Waals surface area contributed by atoms with Crippen molar-refractivity contribution in [2.75, 3.05) is 18.5 Å². The highest BCUT2D eigenvalue weighted by Crippen LogP contribution is 2.26. The lowest BCUT2D eigenvalue weighted by atomic mass is 9.94. The molecule has 0 N–H and O–H groups in total. The first-order chi connectivity index (χ1) is 10.6. The Kier molecular flexibility index (Phi) is 4.76. The molecule has 1 saturated carbocycles. The molecule has 0 atom stereocenters. The zero-order chi connectivity index (χ0) is 15.5. The molecule has 1 aromatic heterocycles. The van der Waals surface area contributed by atoms with E-state index < -0.39 is 0 Å². The summed E-state index contributed by atoms with van der Waals surface area (Å²) in [5, 5.41) is 2.65. The first kappa shape index (κ1) is 15.5. The van der Waals surface area contributed by atoms with Gasteiger partial charge in [-0.05, 0) is 19.3 Å². The lowest BCUT2D eigenvalue weighted by Crippen LogP contribution is -2.39. The Morgan fingerprint density at radius 1 is 1.36 bits per heavy atom. The number of thiazole rings is 1. The fraction of sp³-hybridized carbons (Fsp3) is 0.688. The summed E-state index contributed by atoms with van der Waals surface area (Å²) in [4.78, 5) is 32.3. The van der Waals surface area contributed by atoms with Crippen LogP contribution in [0.2, 0.25) is 0 Å². The molecule has 1 aliphatic heterocycles. The highest BCUT2D eigenvalue weighted by Gasteiger charge is 2.26. The number of likely N-dealkylation sites (N-methyl/N-ethyl adjacent to an activating group) is 1. The lowest BCUT2D eigenvalue weighted by molar-refractivity contribution is -0.131. The number of hydrogen-bond acceptors (Lipinski definition) is 4. The summed E-state index contributed by atoms with van der Waals surface area (Å²) >= 11 is 1.46. The van der Waals surface area contributed by atoms with Crippen LogP contribution in [0.1, 0.15) is 50.6 Å². The van der Waals surface area contributed by atoms with Crippen molar-refractivity contribution in [2.24, 2.45) is 0 Å². The number of hydrogen-bond donors (Lipinski definition) is 0. The number of amides is 2. The minimum atomic E-state index is 0.136. The molecule has 120 valence electrons. The zero-order valence-corrected chi connectivity index (χ0v) is 13.9. The molecule has 0 aromatic carbocycles. The van der Waals surface area contributed by atoms with Crippen LogP contribution < -0.4 is 4.90 Å². The first-order valence-electron chi connectivity index (χ1n) is 8.15. The van der Waals surface area contributed by atoms with E-state index in [1.54, 1.807) is 4.90 Å². The van der Waals surface area contributed by atoms with Crippen molar-refractivity contribution in [1.82, 2.24) is 9.88 Å². The number of carbonyl (C=O) groups is 2. The van der Waals surface area contributed by atoms with E-state index in [-0.39, 0.29) is 11.8 Å². The molecule has 0 bridgehead atoms. The van der Waals surface area contributed by atoms with Crippen LogP contribution in [0.15, 0.2) is 5.38 Å². The zero-order valence-electron chi connectivity index (χ0n) is 13.1. The highest BCUT2D eigenvalue weighted by molar-refractivity contribution is 7.14. The maximum absolute atomic E-state index is 12.4. The summed E-state index contributed by atoms with van der Waals surface area (Å²) in [6, 6.07) is 0.388. The second-order valence-corrected chi connectivity index (χ2v) is 7.08. The summed E-state index contributed by atoms with van der Waals surface area (Å²) in [5.41, 5.74) is 0.785. The normalized spacial score (nSPS) is 19.7. The average molecular weight is 321 g/mol. The third-order valence-corrected chi connectivity index (χ3v) is 5.60. The van der Waals surface area contributed by atoms with Crippen LogP contribution in [-0.4, -0.2) is 41.3 Å². The van der Waals surface area contributed by atoms with Gasteiger partial charge >= 0.3 is 0 Å². The molecule has 2 heterocycles. The lowest BCUT2D eigenvalue weighted by Gasteiger charge is -2.31. The van der Waals surface area contributed by atoms with E-state index in [1.165, 1.54) is 30.6 Å². The van der Waals surface area contributed by atoms with Crippen LogP contribution in [0.3, 0.4) is 0 Å². The molecule has 1 aliphatic carbocycles. The maximum Gasteiger partial charge on any atom is 0.228 e. The second kappa shape index (κ2) is 6.77. The SMILES string of the molecule is CN(C(=O)Cc1csc(N2CCCC2=O)n1)C1CCCCC1. The van der Waals surface area contributed by atoms with Gasteiger partial charge in [-0.15, -0.1) is 11.3 Å². The molecular weight excluding hydrogens is 298 g/mol. The van der Waals surface area contributed by atoms with Crippen molar-refractivity contribution in [3.05, 3.63) is 11.1 Å². The average Bonchev–Trinajstić information content (AvgIpc) is 3.16. The number of rotatable bonds is 4. The van der Waals surface area contributed by atoms with Gasteiger partial charge in [0.25, 0.3) is 0 Å². The molecule has 3 rings (SSSR count). The van der Waals surface area contributed by atoms with E-state index in [4.69, 9.17) is 0 Å². The van der Waals surface area contributed by atoms with E-state index in [1.807, 2.05) is 17.3 Å². The van der Waals surface area contributed by atoms with Crippen molar-refractivity contribution in [1.29, 1.82) is 0 Å². The van der Waals surface area contributed by atoms with Gasteiger partial charge in [0.2, 0.25) is 11.8 Å². The molecule has 2 amide bonds. The molecule has 2 fully saturated rings. The van der Waals surface area contributed by atoms with Gasteiger partial charge in [-0.3, -0.25) is 14.5 Å². The van der Waals surface area contributed by atoms with Crippen molar-refractivity contribution in [3.63, 3.8) is 0 Å². The minimum Gasteiger partial charge on any atom is -0.342 e. The van der Waals surface area contributed by atoms with Gasteiger partial charge in [-0.25, -0.2) is 4.98 Å². The third kappa shape index (κ3) is 3.32. The molecule has 1 saturated heterocycles. The van der Waals surface area contributed by atoms with Crippen molar-refractivity contribution < 1.29 is 9.59 Å². The minimum absolute atomic E-state index is 0.136. The van der Waals surface area contributed by atoms with Gasteiger partial charge in [-0.1, -0.05) is 19.3 Å². The summed E-state index contributed by atoms with van der Waals surface area (Å²) in [6.07, 6.45) is 7.82. The Bertz CT molecular complexity index is 551. The number of nitrogens with zero attached hydrogens (tertiary/aromatic N) is 3. The Morgan fingerprint density at radius 2 is 2.14 bits per heavy atom. The summed E-state index contributed by atoms with van der Waals surface area (Å²) < 4.78 is 0.